The molecule has 0 bridgehead atoms. The fraction of sp³-hybridized carbons (Fsp3) is 0.192. The van der Waals surface area contributed by atoms with Crippen molar-refractivity contribution in [3.05, 3.63) is 104 Å². The summed E-state index contributed by atoms with van der Waals surface area (Å²) < 4.78 is 26.1. The number of halogens is 4. The molecule has 3 aromatic rings. The van der Waals surface area contributed by atoms with Gasteiger partial charge in [0.1, 0.15) is 0 Å². The Balaban J connectivity index is -0.000000490. The van der Waals surface area contributed by atoms with Gasteiger partial charge in [-0.2, -0.15) is 11.1 Å². The van der Waals surface area contributed by atoms with Crippen LogP contribution in [0.4, 0.5) is 8.78 Å². The topological polar surface area (TPSA) is 0 Å². The molecular formula is C26H30Cl2F2SiZr-4. The molecule has 0 nitrogen and oxygen atoms in total. The van der Waals surface area contributed by atoms with Crippen LogP contribution in [0.5, 0.6) is 0 Å². The molecule has 174 valence electrons. The first kappa shape index (κ1) is 35.7. The number of allylic oxidation sites excluding steroid dienone is 4. The van der Waals surface area contributed by atoms with E-state index in [1.54, 1.807) is 6.07 Å². The van der Waals surface area contributed by atoms with Crippen LogP contribution in [0.3, 0.4) is 0 Å². The molecule has 1 aliphatic carbocycles. The Hall–Kier alpha value is -0.930. The molecule has 0 amide bonds. The van der Waals surface area contributed by atoms with Gasteiger partial charge in [-0.05, 0) is 12.1 Å². The van der Waals surface area contributed by atoms with Gasteiger partial charge < -0.3 is 14.9 Å². The molecule has 0 fully saturated rings. The third-order valence-electron chi connectivity index (χ3n) is 5.15. The van der Waals surface area contributed by atoms with Gasteiger partial charge in [0.05, 0.1) is 0 Å². The minimum absolute atomic E-state index is 0. The molecule has 0 aliphatic heterocycles. The van der Waals surface area contributed by atoms with Crippen molar-refractivity contribution in [2.75, 3.05) is 0 Å². The first-order valence-corrected chi connectivity index (χ1v) is 13.2. The summed E-state index contributed by atoms with van der Waals surface area (Å²) in [4.78, 5) is 0. The summed E-state index contributed by atoms with van der Waals surface area (Å²) in [5, 5.41) is 2.16. The van der Waals surface area contributed by atoms with Gasteiger partial charge in [-0.1, -0.05) is 44.4 Å². The number of fused-ring (bicyclic) bond motifs is 1. The number of benzene rings is 2. The Kier molecular flexibility index (Phi) is 18.5. The molecule has 6 heteroatoms. The zero-order valence-electron chi connectivity index (χ0n) is 19.3. The van der Waals surface area contributed by atoms with Crippen LogP contribution in [0, 0.1) is 38.5 Å². The van der Waals surface area contributed by atoms with Gasteiger partial charge in [0.2, 0.25) is 0 Å². The van der Waals surface area contributed by atoms with E-state index >= 15 is 0 Å². The van der Waals surface area contributed by atoms with E-state index in [-0.39, 0.29) is 39.7 Å². The van der Waals surface area contributed by atoms with Crippen LogP contribution in [0.2, 0.25) is 0 Å². The van der Waals surface area contributed by atoms with Gasteiger partial charge in [-0.15, -0.1) is 78.4 Å². The quantitative estimate of drug-likeness (QED) is 0.203. The average Bonchev–Trinajstić information content (AvgIpc) is 3.23. The minimum atomic E-state index is -0.815. The molecular weight excluding hydrogens is 540 g/mol. The van der Waals surface area contributed by atoms with Crippen molar-refractivity contribution < 1.29 is 32.1 Å². The predicted octanol–water partition coefficient (Wildman–Crippen LogP) is 8.59. The number of rotatable bonds is 1. The van der Waals surface area contributed by atoms with Gasteiger partial charge >= 0.3 is 30.2 Å². The standard InChI is InChI=1S/C15H9F2.C9H13.2CH3.2ClH.Si.Zr/c16-14-8-6-11(9-15(14)17)13-7-5-10-3-1-2-4-12(10)13;1-6-5-7(2)9(4)8(6)3;;;;;;/h1-9H;6H,1-4H3;2*1H3;2*1H;;/q4*-1;;;;. The molecule has 0 saturated heterocycles. The van der Waals surface area contributed by atoms with Gasteiger partial charge in [0.25, 0.3) is 0 Å². The zero-order valence-corrected chi connectivity index (χ0v) is 24.4. The maximum atomic E-state index is 13.2. The first-order chi connectivity index (χ1) is 13.4. The summed E-state index contributed by atoms with van der Waals surface area (Å²) in [7, 11) is 0. The van der Waals surface area contributed by atoms with Crippen LogP contribution >= 0.6 is 24.8 Å². The van der Waals surface area contributed by atoms with E-state index in [4.69, 9.17) is 0 Å². The predicted molar refractivity (Wildman–Crippen MR) is 138 cm³/mol. The molecule has 4 rings (SSSR count). The summed E-state index contributed by atoms with van der Waals surface area (Å²) >= 11 is 1.36. The van der Waals surface area contributed by atoms with Crippen LogP contribution in [0.25, 0.3) is 21.9 Å². The van der Waals surface area contributed by atoms with E-state index in [1.165, 1.54) is 46.1 Å². The molecule has 32 heavy (non-hydrogen) atoms. The average molecular weight is 571 g/mol. The van der Waals surface area contributed by atoms with Crippen molar-refractivity contribution in [1.29, 1.82) is 0 Å². The Bertz CT molecular complexity index is 1040. The Morgan fingerprint density at radius 3 is 2.00 bits per heavy atom. The van der Waals surface area contributed by atoms with Crippen molar-refractivity contribution in [3.8, 4) is 11.1 Å². The van der Waals surface area contributed by atoms with Gasteiger partial charge in [0.15, 0.2) is 11.6 Å². The van der Waals surface area contributed by atoms with Crippen molar-refractivity contribution >= 4 is 42.5 Å². The molecule has 0 spiro atoms. The van der Waals surface area contributed by atoms with E-state index in [0.717, 1.165) is 22.4 Å². The summed E-state index contributed by atoms with van der Waals surface area (Å²) in [5.41, 5.74) is 5.87. The van der Waals surface area contributed by atoms with Crippen molar-refractivity contribution in [2.45, 2.75) is 27.7 Å². The second-order valence-corrected chi connectivity index (χ2v) is 6.76. The monoisotopic (exact) mass is 568 g/mol. The molecule has 0 aromatic heterocycles. The zero-order chi connectivity index (χ0) is 20.8. The van der Waals surface area contributed by atoms with Crippen molar-refractivity contribution in [3.63, 3.8) is 0 Å². The molecule has 0 heterocycles. The SMILES string of the molecule is CC1=[C-]C(C)C(C)=C1C.Cl.Cl.Fc1ccc(-c2c[cH-]c3ccccc23)cc1F.[CH3-].[CH3-].[Si]=[Zr]. The second-order valence-electron chi connectivity index (χ2n) is 6.76. The maximum absolute atomic E-state index is 13.2. The van der Waals surface area contributed by atoms with Crippen LogP contribution in [-0.2, 0) is 23.3 Å². The number of hydrogen-bond donors (Lipinski definition) is 0. The third kappa shape index (κ3) is 8.45. The van der Waals surface area contributed by atoms with Crippen LogP contribution in [0.15, 0.2) is 71.3 Å². The summed E-state index contributed by atoms with van der Waals surface area (Å²) in [5.74, 6) is -1.07. The molecule has 1 unspecified atom stereocenters. The van der Waals surface area contributed by atoms with Crippen LogP contribution < -0.4 is 0 Å². The normalized spacial score (nSPS) is 13.5. The molecule has 0 N–H and O–H groups in total. The first-order valence-electron chi connectivity index (χ1n) is 9.01. The molecule has 0 saturated carbocycles. The number of hydrogen-bond acceptors (Lipinski definition) is 0. The second kappa shape index (κ2) is 16.6. The van der Waals surface area contributed by atoms with Gasteiger partial charge in [-0.25, -0.2) is 14.4 Å². The van der Waals surface area contributed by atoms with Gasteiger partial charge in [-0.3, -0.25) is 6.08 Å². The Morgan fingerprint density at radius 2 is 1.53 bits per heavy atom. The van der Waals surface area contributed by atoms with Crippen LogP contribution in [-0.4, -0.2) is 6.88 Å². The van der Waals surface area contributed by atoms with Crippen LogP contribution in [0.1, 0.15) is 27.7 Å². The van der Waals surface area contributed by atoms with E-state index in [9.17, 15) is 8.78 Å². The summed E-state index contributed by atoms with van der Waals surface area (Å²) in [6.07, 6.45) is 3.36. The molecule has 3 aromatic carbocycles. The fourth-order valence-electron chi connectivity index (χ4n) is 3.23. The van der Waals surface area contributed by atoms with E-state index in [0.29, 0.717) is 11.5 Å². The van der Waals surface area contributed by atoms with Crippen molar-refractivity contribution in [1.82, 2.24) is 0 Å². The summed E-state index contributed by atoms with van der Waals surface area (Å²) in [6.45, 7) is 11.7. The Morgan fingerprint density at radius 1 is 0.938 bits per heavy atom. The van der Waals surface area contributed by atoms with E-state index < -0.39 is 11.6 Å². The fourth-order valence-corrected chi connectivity index (χ4v) is 3.23. The van der Waals surface area contributed by atoms with E-state index in [1.807, 2.05) is 36.4 Å². The molecule has 2 radical (unpaired) electrons. The molecule has 1 aliphatic rings. The van der Waals surface area contributed by atoms with Crippen molar-refractivity contribution in [2.24, 2.45) is 5.92 Å². The van der Waals surface area contributed by atoms with E-state index in [2.05, 4.69) is 40.7 Å². The summed E-state index contributed by atoms with van der Waals surface area (Å²) in [6, 6.07) is 15.8. The third-order valence-corrected chi connectivity index (χ3v) is 5.15. The molecule has 1 atom stereocenters. The van der Waals surface area contributed by atoms with Gasteiger partial charge in [0, 0.05) is 0 Å². The Labute approximate surface area is 222 Å².